The van der Waals surface area contributed by atoms with Crippen LogP contribution in [0.4, 0.5) is 11.7 Å². The molecule has 5 nitrogen and oxygen atoms in total. The van der Waals surface area contributed by atoms with Crippen LogP contribution >= 0.6 is 11.6 Å². The van der Waals surface area contributed by atoms with E-state index < -0.39 is 0 Å². The number of nitrogens with one attached hydrogen (secondary N) is 2. The van der Waals surface area contributed by atoms with E-state index in [4.69, 9.17) is 16.0 Å². The van der Waals surface area contributed by atoms with Gasteiger partial charge in [0.15, 0.2) is 0 Å². The number of aryl methyl sites for hydroxylation is 1. The Kier molecular flexibility index (Phi) is 3.84. The van der Waals surface area contributed by atoms with Crippen molar-refractivity contribution in [1.29, 1.82) is 0 Å². The topological polar surface area (TPSA) is 63.0 Å². The number of benzene rings is 1. The van der Waals surface area contributed by atoms with Crippen molar-refractivity contribution < 1.29 is 4.42 Å². The van der Waals surface area contributed by atoms with E-state index >= 15 is 0 Å². The molecule has 0 spiro atoms. The second-order valence-corrected chi connectivity index (χ2v) is 4.47. The molecule has 0 amide bonds. The molecule has 6 heteroatoms. The van der Waals surface area contributed by atoms with E-state index in [0.717, 1.165) is 11.3 Å². The van der Waals surface area contributed by atoms with E-state index in [1.54, 1.807) is 0 Å². The molecule has 0 bridgehead atoms. The number of halogens is 1. The number of anilines is 2. The number of hydrogen-bond acceptors (Lipinski definition) is 5. The van der Waals surface area contributed by atoms with Gasteiger partial charge in [-0.25, -0.2) is 0 Å². The van der Waals surface area contributed by atoms with Crippen LogP contribution in [0.1, 0.15) is 24.4 Å². The standard InChI is InChI=1S/C12H15ClN4O/c1-7-4-5-9(13)10(6-7)15-12-17-16-11(18-12)8(2)14-3/h4-6,8,14H,1-3H3,(H,15,17). The predicted octanol–water partition coefficient (Wildman–Crippen LogP) is 3.06. The molecule has 1 aromatic carbocycles. The highest BCUT2D eigenvalue weighted by molar-refractivity contribution is 6.33. The van der Waals surface area contributed by atoms with Gasteiger partial charge in [0, 0.05) is 0 Å². The van der Waals surface area contributed by atoms with Gasteiger partial charge in [-0.05, 0) is 38.6 Å². The Bertz CT molecular complexity index is 541. The fourth-order valence-corrected chi connectivity index (χ4v) is 1.60. The SMILES string of the molecule is CNC(C)c1nnc(Nc2cc(C)ccc2Cl)o1. The molecule has 0 aliphatic rings. The van der Waals surface area contributed by atoms with Crippen LogP contribution < -0.4 is 10.6 Å². The van der Waals surface area contributed by atoms with Crippen molar-refractivity contribution in [1.82, 2.24) is 15.5 Å². The molecule has 0 aliphatic carbocycles. The molecule has 18 heavy (non-hydrogen) atoms. The van der Waals surface area contributed by atoms with Crippen LogP contribution in [0.2, 0.25) is 5.02 Å². The first kappa shape index (κ1) is 12.9. The lowest BCUT2D eigenvalue weighted by Crippen LogP contribution is -2.12. The molecular formula is C12H15ClN4O. The summed E-state index contributed by atoms with van der Waals surface area (Å²) in [6.07, 6.45) is 0. The maximum absolute atomic E-state index is 6.08. The summed E-state index contributed by atoms with van der Waals surface area (Å²) < 4.78 is 5.48. The number of aromatic nitrogens is 2. The van der Waals surface area contributed by atoms with Crippen LogP contribution in [0.15, 0.2) is 22.6 Å². The molecule has 1 aromatic heterocycles. The van der Waals surface area contributed by atoms with Gasteiger partial charge in [0.05, 0.1) is 16.8 Å². The van der Waals surface area contributed by atoms with Crippen LogP contribution in [0.3, 0.4) is 0 Å². The maximum atomic E-state index is 6.08. The summed E-state index contributed by atoms with van der Waals surface area (Å²) in [5.41, 5.74) is 1.86. The van der Waals surface area contributed by atoms with Gasteiger partial charge in [-0.1, -0.05) is 22.8 Å². The van der Waals surface area contributed by atoms with Crippen LogP contribution in [-0.4, -0.2) is 17.2 Å². The molecule has 0 saturated heterocycles. The summed E-state index contributed by atoms with van der Waals surface area (Å²) in [4.78, 5) is 0. The molecule has 1 unspecified atom stereocenters. The molecule has 2 rings (SSSR count). The maximum Gasteiger partial charge on any atom is 0.320 e. The van der Waals surface area contributed by atoms with Crippen molar-refractivity contribution >= 4 is 23.3 Å². The highest BCUT2D eigenvalue weighted by Gasteiger charge is 2.12. The summed E-state index contributed by atoms with van der Waals surface area (Å²) in [5, 5.41) is 14.5. The predicted molar refractivity (Wildman–Crippen MR) is 71.2 cm³/mol. The van der Waals surface area contributed by atoms with E-state index in [1.165, 1.54) is 0 Å². The Morgan fingerprint density at radius 2 is 2.11 bits per heavy atom. The smallest absolute Gasteiger partial charge is 0.320 e. The second kappa shape index (κ2) is 5.37. The third-order valence-electron chi connectivity index (χ3n) is 2.61. The van der Waals surface area contributed by atoms with Crippen molar-refractivity contribution in [3.05, 3.63) is 34.7 Å². The van der Waals surface area contributed by atoms with Gasteiger partial charge in [-0.3, -0.25) is 0 Å². The Morgan fingerprint density at radius 3 is 2.83 bits per heavy atom. The molecule has 0 saturated carbocycles. The first-order valence-corrected chi connectivity index (χ1v) is 6.02. The summed E-state index contributed by atoms with van der Waals surface area (Å²) in [7, 11) is 1.83. The average Bonchev–Trinajstić information content (AvgIpc) is 2.81. The van der Waals surface area contributed by atoms with Gasteiger partial charge in [0.25, 0.3) is 0 Å². The number of rotatable bonds is 4. The van der Waals surface area contributed by atoms with E-state index in [2.05, 4.69) is 20.8 Å². The van der Waals surface area contributed by atoms with Crippen molar-refractivity contribution in [3.63, 3.8) is 0 Å². The summed E-state index contributed by atoms with van der Waals surface area (Å²) in [6, 6.07) is 6.04. The molecule has 1 heterocycles. The average molecular weight is 267 g/mol. The molecule has 2 N–H and O–H groups in total. The molecule has 0 aliphatic heterocycles. The minimum Gasteiger partial charge on any atom is -0.406 e. The van der Waals surface area contributed by atoms with Crippen LogP contribution in [0.5, 0.6) is 0 Å². The fourth-order valence-electron chi connectivity index (χ4n) is 1.43. The van der Waals surface area contributed by atoms with Gasteiger partial charge in [0.1, 0.15) is 0 Å². The Hall–Kier alpha value is -1.59. The van der Waals surface area contributed by atoms with Gasteiger partial charge < -0.3 is 15.1 Å². The Morgan fingerprint density at radius 1 is 1.33 bits per heavy atom. The van der Waals surface area contributed by atoms with Crippen LogP contribution in [0.25, 0.3) is 0 Å². The lowest BCUT2D eigenvalue weighted by atomic mass is 10.2. The number of nitrogens with zero attached hydrogens (tertiary/aromatic N) is 2. The van der Waals surface area contributed by atoms with E-state index in [1.807, 2.05) is 39.1 Å². The van der Waals surface area contributed by atoms with Crippen LogP contribution in [0, 0.1) is 6.92 Å². The fraction of sp³-hybridized carbons (Fsp3) is 0.333. The molecule has 96 valence electrons. The molecule has 0 fully saturated rings. The largest absolute Gasteiger partial charge is 0.406 e. The van der Waals surface area contributed by atoms with Crippen molar-refractivity contribution in [2.75, 3.05) is 12.4 Å². The van der Waals surface area contributed by atoms with Crippen molar-refractivity contribution in [3.8, 4) is 0 Å². The highest BCUT2D eigenvalue weighted by Crippen LogP contribution is 2.26. The van der Waals surface area contributed by atoms with E-state index in [0.29, 0.717) is 16.9 Å². The lowest BCUT2D eigenvalue weighted by Gasteiger charge is -2.05. The molecular weight excluding hydrogens is 252 g/mol. The van der Waals surface area contributed by atoms with E-state index in [9.17, 15) is 0 Å². The minimum absolute atomic E-state index is 0.0148. The zero-order chi connectivity index (χ0) is 13.1. The normalized spacial score (nSPS) is 12.4. The summed E-state index contributed by atoms with van der Waals surface area (Å²) in [5.74, 6) is 0.531. The second-order valence-electron chi connectivity index (χ2n) is 4.06. The molecule has 0 radical (unpaired) electrons. The summed E-state index contributed by atoms with van der Waals surface area (Å²) in [6.45, 7) is 3.93. The van der Waals surface area contributed by atoms with Gasteiger partial charge in [0.2, 0.25) is 5.89 Å². The minimum atomic E-state index is 0.0148. The zero-order valence-corrected chi connectivity index (χ0v) is 11.2. The van der Waals surface area contributed by atoms with Gasteiger partial charge in [-0.15, -0.1) is 5.10 Å². The van der Waals surface area contributed by atoms with E-state index in [-0.39, 0.29) is 6.04 Å². The number of hydrogen-bond donors (Lipinski definition) is 2. The first-order valence-electron chi connectivity index (χ1n) is 5.64. The van der Waals surface area contributed by atoms with Crippen molar-refractivity contribution in [2.45, 2.75) is 19.9 Å². The molecule has 1 atom stereocenters. The molecule has 2 aromatic rings. The van der Waals surface area contributed by atoms with Gasteiger partial charge >= 0.3 is 6.01 Å². The lowest BCUT2D eigenvalue weighted by molar-refractivity contribution is 0.443. The quantitative estimate of drug-likeness (QED) is 0.891. The highest BCUT2D eigenvalue weighted by atomic mass is 35.5. The van der Waals surface area contributed by atoms with Crippen molar-refractivity contribution in [2.24, 2.45) is 0 Å². The Labute approximate surface area is 111 Å². The van der Waals surface area contributed by atoms with Gasteiger partial charge in [-0.2, -0.15) is 0 Å². The first-order chi connectivity index (χ1) is 8.60. The van der Waals surface area contributed by atoms with Crippen LogP contribution in [-0.2, 0) is 0 Å². The monoisotopic (exact) mass is 266 g/mol. The zero-order valence-electron chi connectivity index (χ0n) is 10.5. The Balaban J connectivity index is 2.18. The third kappa shape index (κ3) is 2.80. The third-order valence-corrected chi connectivity index (χ3v) is 2.94. The summed E-state index contributed by atoms with van der Waals surface area (Å²) >= 11 is 6.08.